The van der Waals surface area contributed by atoms with Crippen molar-refractivity contribution in [2.24, 2.45) is 0 Å². The van der Waals surface area contributed by atoms with Gasteiger partial charge in [0, 0.05) is 5.56 Å². The van der Waals surface area contributed by atoms with Crippen molar-refractivity contribution < 1.29 is 9.53 Å². The van der Waals surface area contributed by atoms with Crippen LogP contribution in [0.3, 0.4) is 0 Å². The van der Waals surface area contributed by atoms with Crippen molar-refractivity contribution in [1.82, 2.24) is 5.32 Å². The third-order valence-electron chi connectivity index (χ3n) is 2.32. The minimum atomic E-state index is 0.106. The molecule has 0 aliphatic carbocycles. The number of nitrogens with one attached hydrogen (secondary N) is 1. The summed E-state index contributed by atoms with van der Waals surface area (Å²) in [6.45, 7) is 2.42. The first-order valence-electron chi connectivity index (χ1n) is 5.07. The topological polar surface area (TPSA) is 38.3 Å². The lowest BCUT2D eigenvalue weighted by Crippen LogP contribution is -2.18. The highest BCUT2D eigenvalue weighted by atomic mass is 16.5. The van der Waals surface area contributed by atoms with Crippen molar-refractivity contribution in [3.05, 3.63) is 29.3 Å². The molecule has 0 bridgehead atoms. The molecule has 0 aliphatic rings. The second-order valence-corrected chi connectivity index (χ2v) is 3.33. The molecule has 3 nitrogen and oxygen atoms in total. The molecule has 1 aromatic rings. The van der Waals surface area contributed by atoms with Gasteiger partial charge in [-0.3, -0.25) is 4.79 Å². The molecule has 1 rings (SSSR count). The zero-order valence-electron chi connectivity index (χ0n) is 9.46. The van der Waals surface area contributed by atoms with Gasteiger partial charge in [-0.2, -0.15) is 0 Å². The third kappa shape index (κ3) is 2.80. The quantitative estimate of drug-likeness (QED) is 0.746. The van der Waals surface area contributed by atoms with Crippen LogP contribution in [-0.2, 0) is 6.42 Å². The second-order valence-electron chi connectivity index (χ2n) is 3.33. The number of Topliss-reactive ketones (excluding diaryl/α,β-unsaturated/α-hetero) is 1. The molecule has 82 valence electrons. The van der Waals surface area contributed by atoms with Gasteiger partial charge in [0.05, 0.1) is 13.7 Å². The van der Waals surface area contributed by atoms with E-state index in [1.54, 1.807) is 20.2 Å². The van der Waals surface area contributed by atoms with Crippen molar-refractivity contribution in [3.63, 3.8) is 0 Å². The Morgan fingerprint density at radius 2 is 2.20 bits per heavy atom. The van der Waals surface area contributed by atoms with E-state index in [1.807, 2.05) is 19.1 Å². The van der Waals surface area contributed by atoms with Gasteiger partial charge < -0.3 is 10.1 Å². The lowest BCUT2D eigenvalue weighted by atomic mass is 10.0. The van der Waals surface area contributed by atoms with E-state index in [4.69, 9.17) is 4.74 Å². The van der Waals surface area contributed by atoms with E-state index in [9.17, 15) is 4.79 Å². The predicted molar refractivity (Wildman–Crippen MR) is 60.6 cm³/mol. The van der Waals surface area contributed by atoms with Crippen molar-refractivity contribution >= 4 is 5.78 Å². The molecule has 0 amide bonds. The van der Waals surface area contributed by atoms with Gasteiger partial charge in [0.2, 0.25) is 0 Å². The summed E-state index contributed by atoms with van der Waals surface area (Å²) in [5.74, 6) is 0.952. The molecule has 3 heteroatoms. The minimum absolute atomic E-state index is 0.106. The molecule has 0 saturated carbocycles. The number of hydrogen-bond donors (Lipinski definition) is 1. The lowest BCUT2D eigenvalue weighted by Gasteiger charge is -2.08. The summed E-state index contributed by atoms with van der Waals surface area (Å²) in [4.78, 5) is 11.6. The van der Waals surface area contributed by atoms with Crippen LogP contribution in [0.25, 0.3) is 0 Å². The molecule has 1 aromatic carbocycles. The Morgan fingerprint density at radius 1 is 1.47 bits per heavy atom. The summed E-state index contributed by atoms with van der Waals surface area (Å²) in [5, 5.41) is 2.85. The number of benzene rings is 1. The Bertz CT molecular complexity index is 347. The number of aryl methyl sites for hydroxylation is 1. The first-order valence-corrected chi connectivity index (χ1v) is 5.07. The summed E-state index contributed by atoms with van der Waals surface area (Å²) in [6.07, 6.45) is 0.865. The number of rotatable bonds is 5. The van der Waals surface area contributed by atoms with Crippen molar-refractivity contribution in [1.29, 1.82) is 0 Å². The number of ketones is 1. The number of likely N-dealkylation sites (N-methyl/N-ethyl adjacent to an activating group) is 1. The number of carbonyl (C=O) groups is 1. The molecule has 0 spiro atoms. The van der Waals surface area contributed by atoms with E-state index >= 15 is 0 Å². The molecule has 0 aliphatic heterocycles. The van der Waals surface area contributed by atoms with Crippen molar-refractivity contribution in [3.8, 4) is 5.75 Å². The highest BCUT2D eigenvalue weighted by Crippen LogP contribution is 2.20. The van der Waals surface area contributed by atoms with Gasteiger partial charge in [-0.05, 0) is 37.2 Å². The van der Waals surface area contributed by atoms with Gasteiger partial charge in [-0.1, -0.05) is 6.92 Å². The maximum atomic E-state index is 11.6. The van der Waals surface area contributed by atoms with Crippen LogP contribution in [0, 0.1) is 0 Å². The number of methoxy groups -OCH3 is 1. The zero-order valence-corrected chi connectivity index (χ0v) is 9.46. The second kappa shape index (κ2) is 5.51. The molecule has 0 radical (unpaired) electrons. The predicted octanol–water partition coefficient (Wildman–Crippen LogP) is 1.66. The largest absolute Gasteiger partial charge is 0.496 e. The Balaban J connectivity index is 2.97. The van der Waals surface area contributed by atoms with Gasteiger partial charge in [0.15, 0.2) is 5.78 Å². The fraction of sp³-hybridized carbons (Fsp3) is 0.417. The number of ether oxygens (including phenoxy) is 1. The molecule has 0 atom stereocenters. The summed E-state index contributed by atoms with van der Waals surface area (Å²) in [5.41, 5.74) is 1.81. The maximum absolute atomic E-state index is 11.6. The van der Waals surface area contributed by atoms with E-state index in [1.165, 1.54) is 0 Å². The van der Waals surface area contributed by atoms with Gasteiger partial charge in [0.25, 0.3) is 0 Å². The van der Waals surface area contributed by atoms with E-state index in [2.05, 4.69) is 5.32 Å². The van der Waals surface area contributed by atoms with Crippen LogP contribution in [0.15, 0.2) is 18.2 Å². The molecular weight excluding hydrogens is 190 g/mol. The Morgan fingerprint density at radius 3 is 2.73 bits per heavy atom. The monoisotopic (exact) mass is 207 g/mol. The number of carbonyl (C=O) groups excluding carboxylic acids is 1. The highest BCUT2D eigenvalue weighted by molar-refractivity contribution is 5.97. The molecular formula is C12H17NO2. The van der Waals surface area contributed by atoms with Gasteiger partial charge in [-0.15, -0.1) is 0 Å². The average molecular weight is 207 g/mol. The summed E-state index contributed by atoms with van der Waals surface area (Å²) in [7, 11) is 3.41. The van der Waals surface area contributed by atoms with E-state index < -0.39 is 0 Å². The van der Waals surface area contributed by atoms with E-state index in [-0.39, 0.29) is 5.78 Å². The summed E-state index contributed by atoms with van der Waals surface area (Å²) < 4.78 is 5.20. The van der Waals surface area contributed by atoms with Crippen LogP contribution in [0.2, 0.25) is 0 Å². The normalized spacial score (nSPS) is 10.1. The fourth-order valence-corrected chi connectivity index (χ4v) is 1.49. The Labute approximate surface area is 90.4 Å². The van der Waals surface area contributed by atoms with Gasteiger partial charge >= 0.3 is 0 Å². The summed E-state index contributed by atoms with van der Waals surface area (Å²) in [6, 6.07) is 5.55. The minimum Gasteiger partial charge on any atom is -0.496 e. The molecule has 0 saturated heterocycles. The Kier molecular flexibility index (Phi) is 4.31. The van der Waals surface area contributed by atoms with Crippen molar-refractivity contribution in [2.75, 3.05) is 20.7 Å². The lowest BCUT2D eigenvalue weighted by molar-refractivity contribution is 0.0993. The van der Waals surface area contributed by atoms with Crippen LogP contribution in [0.1, 0.15) is 22.8 Å². The van der Waals surface area contributed by atoms with Crippen LogP contribution < -0.4 is 10.1 Å². The first kappa shape index (κ1) is 11.7. The molecule has 0 aromatic heterocycles. The molecule has 0 unspecified atom stereocenters. The maximum Gasteiger partial charge on any atom is 0.176 e. The van der Waals surface area contributed by atoms with E-state index in [0.29, 0.717) is 6.54 Å². The van der Waals surface area contributed by atoms with E-state index in [0.717, 1.165) is 23.3 Å². The molecule has 0 fully saturated rings. The summed E-state index contributed by atoms with van der Waals surface area (Å²) >= 11 is 0. The smallest absolute Gasteiger partial charge is 0.176 e. The average Bonchev–Trinajstić information content (AvgIpc) is 2.28. The molecule has 0 heterocycles. The fourth-order valence-electron chi connectivity index (χ4n) is 1.49. The van der Waals surface area contributed by atoms with Gasteiger partial charge in [0.1, 0.15) is 5.75 Å². The van der Waals surface area contributed by atoms with Crippen LogP contribution in [0.5, 0.6) is 5.75 Å². The highest BCUT2D eigenvalue weighted by Gasteiger charge is 2.08. The van der Waals surface area contributed by atoms with Gasteiger partial charge in [-0.25, -0.2) is 0 Å². The van der Waals surface area contributed by atoms with Crippen LogP contribution in [-0.4, -0.2) is 26.5 Å². The van der Waals surface area contributed by atoms with Crippen LogP contribution >= 0.6 is 0 Å². The van der Waals surface area contributed by atoms with Crippen LogP contribution in [0.4, 0.5) is 0 Å². The standard InChI is InChI=1S/C12H17NO2/c1-4-9-7-10(11(14)8-13-2)5-6-12(9)15-3/h5-7,13H,4,8H2,1-3H3. The third-order valence-corrected chi connectivity index (χ3v) is 2.32. The van der Waals surface area contributed by atoms with Crippen molar-refractivity contribution in [2.45, 2.75) is 13.3 Å². The first-order chi connectivity index (χ1) is 7.22. The number of hydrogen-bond acceptors (Lipinski definition) is 3. The Hall–Kier alpha value is -1.35. The molecule has 1 N–H and O–H groups in total. The zero-order chi connectivity index (χ0) is 11.3. The molecule has 15 heavy (non-hydrogen) atoms. The SMILES string of the molecule is CCc1cc(C(=O)CNC)ccc1OC.